The molecule has 0 aliphatic carbocycles. The highest BCUT2D eigenvalue weighted by atomic mass is 35.5. The van der Waals surface area contributed by atoms with E-state index in [4.69, 9.17) is 35.3 Å². The molecule has 1 aromatic carbocycles. The summed E-state index contributed by atoms with van der Waals surface area (Å²) in [6, 6.07) is 5.38. The van der Waals surface area contributed by atoms with Crippen molar-refractivity contribution in [2.75, 3.05) is 21.3 Å². The van der Waals surface area contributed by atoms with Crippen LogP contribution in [0.25, 0.3) is 0 Å². The normalized spacial score (nSPS) is 25.4. The lowest BCUT2D eigenvalue weighted by Gasteiger charge is -2.33. The first-order chi connectivity index (χ1) is 19.9. The Labute approximate surface area is 253 Å². The molecule has 3 rings (SSSR count). The van der Waals surface area contributed by atoms with Crippen molar-refractivity contribution in [1.29, 1.82) is 0 Å². The SMILES string of the molecule is CNC(=O)C[C@H](OC(=O)C(C)C)C1(C)OC1C[C@@H]1CC([C@@H](/C=C/C=C(\C)Cc2ccc(Cl)c(OC)c2)OC)NC(=O)O1. The molecule has 2 aliphatic heterocycles. The van der Waals surface area contributed by atoms with Gasteiger partial charge in [-0.3, -0.25) is 9.59 Å². The number of amides is 2. The van der Waals surface area contributed by atoms with Crippen LogP contribution in [-0.4, -0.2) is 75.3 Å². The summed E-state index contributed by atoms with van der Waals surface area (Å²) in [4.78, 5) is 36.9. The van der Waals surface area contributed by atoms with E-state index in [0.717, 1.165) is 17.6 Å². The second-order valence-electron chi connectivity index (χ2n) is 11.2. The average Bonchev–Trinajstić information content (AvgIpc) is 3.60. The van der Waals surface area contributed by atoms with Crippen molar-refractivity contribution in [2.24, 2.45) is 5.92 Å². The summed E-state index contributed by atoms with van der Waals surface area (Å²) in [5.41, 5.74) is 1.34. The molecule has 2 fully saturated rings. The minimum absolute atomic E-state index is 0.0222. The monoisotopic (exact) mass is 606 g/mol. The number of hydrogen-bond acceptors (Lipinski definition) is 8. The maximum Gasteiger partial charge on any atom is 0.407 e. The van der Waals surface area contributed by atoms with E-state index in [2.05, 4.69) is 10.6 Å². The van der Waals surface area contributed by atoms with E-state index in [1.54, 1.807) is 28.1 Å². The van der Waals surface area contributed by atoms with Gasteiger partial charge in [0.1, 0.15) is 23.6 Å². The Balaban J connectivity index is 1.61. The summed E-state index contributed by atoms with van der Waals surface area (Å²) in [7, 11) is 4.71. The van der Waals surface area contributed by atoms with E-state index in [-0.39, 0.29) is 36.5 Å². The molecule has 0 saturated carbocycles. The first-order valence-electron chi connectivity index (χ1n) is 14.1. The summed E-state index contributed by atoms with van der Waals surface area (Å²) < 4.78 is 28.2. The fraction of sp³-hybridized carbons (Fsp3) is 0.581. The number of allylic oxidation sites excluding steroid dienone is 3. The van der Waals surface area contributed by atoms with Crippen molar-refractivity contribution in [2.45, 2.75) is 89.4 Å². The second kappa shape index (κ2) is 14.9. The van der Waals surface area contributed by atoms with Crippen LogP contribution < -0.4 is 15.4 Å². The number of cyclic esters (lactones) is 1. The zero-order valence-corrected chi connectivity index (χ0v) is 26.2. The van der Waals surface area contributed by atoms with Gasteiger partial charge in [0, 0.05) is 27.0 Å². The molecule has 6 atom stereocenters. The van der Waals surface area contributed by atoms with Crippen LogP contribution >= 0.6 is 11.6 Å². The maximum atomic E-state index is 12.5. The third-order valence-corrected chi connectivity index (χ3v) is 7.93. The van der Waals surface area contributed by atoms with Gasteiger partial charge in [0.15, 0.2) is 0 Å². The molecule has 10 nitrogen and oxygen atoms in total. The van der Waals surface area contributed by atoms with E-state index in [1.165, 1.54) is 7.05 Å². The smallest absolute Gasteiger partial charge is 0.407 e. The summed E-state index contributed by atoms with van der Waals surface area (Å²) in [5.74, 6) is -0.369. The number of epoxide rings is 1. The molecule has 2 amide bonds. The molecular weight excluding hydrogens is 564 g/mol. The molecule has 2 heterocycles. The van der Waals surface area contributed by atoms with Crippen LogP contribution in [0.1, 0.15) is 52.5 Å². The molecule has 232 valence electrons. The van der Waals surface area contributed by atoms with E-state index in [1.807, 2.05) is 50.3 Å². The van der Waals surface area contributed by atoms with Gasteiger partial charge in [-0.2, -0.15) is 0 Å². The quantitative estimate of drug-likeness (QED) is 0.180. The molecule has 0 aromatic heterocycles. The van der Waals surface area contributed by atoms with Crippen LogP contribution in [0.2, 0.25) is 5.02 Å². The Kier molecular flexibility index (Phi) is 11.8. The molecule has 42 heavy (non-hydrogen) atoms. The van der Waals surface area contributed by atoms with Crippen molar-refractivity contribution in [3.8, 4) is 5.75 Å². The number of ether oxygens (including phenoxy) is 5. The zero-order chi connectivity index (χ0) is 31.0. The van der Waals surface area contributed by atoms with E-state index < -0.39 is 29.9 Å². The topological polar surface area (TPSA) is 125 Å². The minimum atomic E-state index is -0.860. The number of esters is 1. The molecule has 1 aromatic rings. The van der Waals surface area contributed by atoms with Crippen molar-refractivity contribution in [3.63, 3.8) is 0 Å². The fourth-order valence-electron chi connectivity index (χ4n) is 4.97. The number of hydrogen-bond donors (Lipinski definition) is 2. The third-order valence-electron chi connectivity index (χ3n) is 7.62. The van der Waals surface area contributed by atoms with Crippen LogP contribution in [0, 0.1) is 5.92 Å². The summed E-state index contributed by atoms with van der Waals surface area (Å²) in [6.45, 7) is 7.31. The number of methoxy groups -OCH3 is 2. The van der Waals surface area contributed by atoms with Crippen LogP contribution in [0.15, 0.2) is 42.0 Å². The van der Waals surface area contributed by atoms with Gasteiger partial charge >= 0.3 is 12.1 Å². The minimum Gasteiger partial charge on any atom is -0.495 e. The largest absolute Gasteiger partial charge is 0.495 e. The lowest BCUT2D eigenvalue weighted by atomic mass is 9.91. The molecule has 0 bridgehead atoms. The van der Waals surface area contributed by atoms with Crippen molar-refractivity contribution < 1.29 is 38.1 Å². The van der Waals surface area contributed by atoms with Crippen molar-refractivity contribution in [1.82, 2.24) is 10.6 Å². The van der Waals surface area contributed by atoms with Crippen LogP contribution in [0.5, 0.6) is 5.75 Å². The summed E-state index contributed by atoms with van der Waals surface area (Å²) >= 11 is 6.13. The van der Waals surface area contributed by atoms with Gasteiger partial charge in [-0.25, -0.2) is 4.79 Å². The molecule has 0 spiro atoms. The first kappa shape index (κ1) is 33.4. The molecule has 2 aliphatic rings. The summed E-state index contributed by atoms with van der Waals surface area (Å²) in [5, 5.41) is 5.99. The highest BCUT2D eigenvalue weighted by molar-refractivity contribution is 6.32. The van der Waals surface area contributed by atoms with Crippen molar-refractivity contribution >= 4 is 29.6 Å². The first-order valence-corrected chi connectivity index (χ1v) is 14.5. The van der Waals surface area contributed by atoms with E-state index >= 15 is 0 Å². The Morgan fingerprint density at radius 3 is 2.67 bits per heavy atom. The molecule has 0 radical (unpaired) electrons. The lowest BCUT2D eigenvalue weighted by Crippen LogP contribution is -2.51. The number of rotatable bonds is 14. The van der Waals surface area contributed by atoms with Gasteiger partial charge in [0.05, 0.1) is 42.7 Å². The highest BCUT2D eigenvalue weighted by Crippen LogP contribution is 2.45. The van der Waals surface area contributed by atoms with Gasteiger partial charge < -0.3 is 34.3 Å². The zero-order valence-electron chi connectivity index (χ0n) is 25.4. The second-order valence-corrected chi connectivity index (χ2v) is 11.6. The Hall–Kier alpha value is -3.08. The predicted molar refractivity (Wildman–Crippen MR) is 159 cm³/mol. The van der Waals surface area contributed by atoms with Gasteiger partial charge in [0.25, 0.3) is 0 Å². The van der Waals surface area contributed by atoms with Gasteiger partial charge in [0.2, 0.25) is 5.91 Å². The van der Waals surface area contributed by atoms with Gasteiger partial charge in [-0.15, -0.1) is 0 Å². The van der Waals surface area contributed by atoms with E-state index in [0.29, 0.717) is 23.6 Å². The average molecular weight is 607 g/mol. The van der Waals surface area contributed by atoms with Crippen LogP contribution in [0.4, 0.5) is 4.79 Å². The van der Waals surface area contributed by atoms with Crippen LogP contribution in [-0.2, 0) is 35.0 Å². The molecule has 2 saturated heterocycles. The Morgan fingerprint density at radius 1 is 1.29 bits per heavy atom. The number of nitrogens with one attached hydrogen (secondary N) is 2. The van der Waals surface area contributed by atoms with E-state index in [9.17, 15) is 14.4 Å². The molecule has 2 N–H and O–H groups in total. The standard InChI is InChI=1S/C31H43ClN2O8/c1-18(2)29(36)41-26(17-28(35)33-5)31(4)27(42-31)16-21-15-23(34-30(37)40-21)24(38-6)10-8-9-19(3)13-20-11-12-22(32)25(14-20)39-7/h8-12,14,18,21,23-24,26-27H,13,15-17H2,1-7H3,(H,33,35)(H,34,37)/b10-8+,19-9+/t21-,23?,24+,26-,27?,31?/m0/s1. The highest BCUT2D eigenvalue weighted by Gasteiger charge is 2.60. The van der Waals surface area contributed by atoms with Crippen LogP contribution in [0.3, 0.4) is 0 Å². The number of halogens is 1. The number of benzene rings is 1. The number of carbonyl (C=O) groups is 3. The molecular formula is C31H43ClN2O8. The van der Waals surface area contributed by atoms with Gasteiger partial charge in [-0.1, -0.05) is 55.3 Å². The Morgan fingerprint density at radius 2 is 2.02 bits per heavy atom. The molecule has 11 heteroatoms. The maximum absolute atomic E-state index is 12.5. The van der Waals surface area contributed by atoms with Crippen molar-refractivity contribution in [3.05, 3.63) is 52.6 Å². The number of carbonyl (C=O) groups excluding carboxylic acids is 3. The third kappa shape index (κ3) is 8.96. The number of alkyl carbamates (subject to hydrolysis) is 1. The summed E-state index contributed by atoms with van der Waals surface area (Å²) in [6.07, 6.45) is 4.93. The molecule has 3 unspecified atom stereocenters. The lowest BCUT2D eigenvalue weighted by molar-refractivity contribution is -0.157. The van der Waals surface area contributed by atoms with Gasteiger partial charge in [-0.05, 0) is 38.0 Å². The fourth-order valence-corrected chi connectivity index (χ4v) is 5.17. The Bertz CT molecular complexity index is 1190. The predicted octanol–water partition coefficient (Wildman–Crippen LogP) is 4.53.